The maximum atomic E-state index is 11.0. The Morgan fingerprint density at radius 1 is 1.56 bits per heavy atom. The molecule has 1 aliphatic heterocycles. The molecule has 2 unspecified atom stereocenters. The van der Waals surface area contributed by atoms with Gasteiger partial charge in [0.25, 0.3) is 0 Å². The molecule has 1 fully saturated rings. The van der Waals surface area contributed by atoms with Gasteiger partial charge in [0.15, 0.2) is 0 Å². The van der Waals surface area contributed by atoms with Crippen LogP contribution in [-0.4, -0.2) is 42.5 Å². The monoisotopic (exact) mass is 259 g/mol. The summed E-state index contributed by atoms with van der Waals surface area (Å²) in [5, 5.41) is 9.01. The standard InChI is InChI=1S/C13H25NO4/c1-2-13(14,12(15)16)7-5-8-17-10-11-6-3-4-9-18-11/h11H,2-10,14H2,1H3,(H,15,16). The van der Waals surface area contributed by atoms with Crippen LogP contribution in [0, 0.1) is 0 Å². The zero-order chi connectivity index (χ0) is 13.4. The third-order valence-corrected chi connectivity index (χ3v) is 3.55. The average Bonchev–Trinajstić information content (AvgIpc) is 2.39. The first-order valence-corrected chi connectivity index (χ1v) is 6.80. The molecule has 106 valence electrons. The van der Waals surface area contributed by atoms with Crippen molar-refractivity contribution >= 4 is 5.97 Å². The van der Waals surface area contributed by atoms with Crippen molar-refractivity contribution in [2.24, 2.45) is 5.73 Å². The molecule has 0 saturated carbocycles. The van der Waals surface area contributed by atoms with Crippen LogP contribution in [0.2, 0.25) is 0 Å². The Bertz CT molecular complexity index is 253. The lowest BCUT2D eigenvalue weighted by molar-refractivity contribution is -0.144. The molecule has 0 bridgehead atoms. The van der Waals surface area contributed by atoms with Gasteiger partial charge >= 0.3 is 5.97 Å². The number of carboxylic acid groups (broad SMARTS) is 1. The summed E-state index contributed by atoms with van der Waals surface area (Å²) in [6.07, 6.45) is 5.18. The van der Waals surface area contributed by atoms with E-state index in [4.69, 9.17) is 20.3 Å². The zero-order valence-corrected chi connectivity index (χ0v) is 11.2. The Hall–Kier alpha value is -0.650. The van der Waals surface area contributed by atoms with E-state index in [-0.39, 0.29) is 6.10 Å². The SMILES string of the molecule is CCC(N)(CCCOCC1CCCCO1)C(=O)O. The largest absolute Gasteiger partial charge is 0.480 e. The van der Waals surface area contributed by atoms with E-state index in [1.165, 1.54) is 6.42 Å². The molecule has 1 heterocycles. The number of aliphatic carboxylic acids is 1. The Labute approximate surface area is 109 Å². The minimum Gasteiger partial charge on any atom is -0.480 e. The Morgan fingerprint density at radius 3 is 2.89 bits per heavy atom. The molecule has 0 amide bonds. The van der Waals surface area contributed by atoms with Gasteiger partial charge in [-0.1, -0.05) is 6.92 Å². The maximum Gasteiger partial charge on any atom is 0.323 e. The second-order valence-electron chi connectivity index (χ2n) is 4.98. The average molecular weight is 259 g/mol. The van der Waals surface area contributed by atoms with Crippen LogP contribution in [0.15, 0.2) is 0 Å². The van der Waals surface area contributed by atoms with E-state index in [0.717, 1.165) is 19.4 Å². The molecule has 18 heavy (non-hydrogen) atoms. The molecule has 5 heteroatoms. The number of carbonyl (C=O) groups is 1. The third kappa shape index (κ3) is 4.92. The molecule has 0 aromatic carbocycles. The van der Waals surface area contributed by atoms with E-state index in [9.17, 15) is 4.79 Å². The van der Waals surface area contributed by atoms with Crippen molar-refractivity contribution in [3.63, 3.8) is 0 Å². The van der Waals surface area contributed by atoms with Crippen LogP contribution >= 0.6 is 0 Å². The first-order chi connectivity index (χ1) is 8.58. The highest BCUT2D eigenvalue weighted by atomic mass is 16.5. The minimum atomic E-state index is -1.11. The van der Waals surface area contributed by atoms with Gasteiger partial charge in [-0.3, -0.25) is 4.79 Å². The maximum absolute atomic E-state index is 11.0. The molecule has 0 aliphatic carbocycles. The fourth-order valence-electron chi connectivity index (χ4n) is 2.08. The molecule has 0 spiro atoms. The molecule has 1 saturated heterocycles. The van der Waals surface area contributed by atoms with Crippen molar-refractivity contribution in [3.05, 3.63) is 0 Å². The number of ether oxygens (including phenoxy) is 2. The summed E-state index contributed by atoms with van der Waals surface area (Å²) in [7, 11) is 0. The highest BCUT2D eigenvalue weighted by molar-refractivity contribution is 5.78. The van der Waals surface area contributed by atoms with E-state index < -0.39 is 11.5 Å². The lowest BCUT2D eigenvalue weighted by atomic mass is 9.92. The predicted octanol–water partition coefficient (Wildman–Crippen LogP) is 1.54. The number of carboxylic acids is 1. The summed E-state index contributed by atoms with van der Waals surface area (Å²) in [5.74, 6) is -0.930. The van der Waals surface area contributed by atoms with Crippen LogP contribution in [0.5, 0.6) is 0 Å². The number of rotatable bonds is 8. The first kappa shape index (κ1) is 15.4. The van der Waals surface area contributed by atoms with Crippen LogP contribution in [0.4, 0.5) is 0 Å². The van der Waals surface area contributed by atoms with E-state index >= 15 is 0 Å². The summed E-state index contributed by atoms with van der Waals surface area (Å²) in [5.41, 5.74) is 4.68. The second-order valence-corrected chi connectivity index (χ2v) is 4.98. The molecule has 3 N–H and O–H groups in total. The van der Waals surface area contributed by atoms with Crippen molar-refractivity contribution in [2.75, 3.05) is 19.8 Å². The molecule has 2 atom stereocenters. The number of hydrogen-bond donors (Lipinski definition) is 2. The van der Waals surface area contributed by atoms with Crippen LogP contribution in [0.25, 0.3) is 0 Å². The fourth-order valence-corrected chi connectivity index (χ4v) is 2.08. The van der Waals surface area contributed by atoms with E-state index in [1.54, 1.807) is 6.92 Å². The van der Waals surface area contributed by atoms with Gasteiger partial charge in [-0.15, -0.1) is 0 Å². The number of hydrogen-bond acceptors (Lipinski definition) is 4. The van der Waals surface area contributed by atoms with Crippen molar-refractivity contribution in [3.8, 4) is 0 Å². The van der Waals surface area contributed by atoms with Crippen molar-refractivity contribution in [2.45, 2.75) is 57.1 Å². The van der Waals surface area contributed by atoms with E-state index in [2.05, 4.69) is 0 Å². The molecule has 0 aromatic heterocycles. The molecule has 5 nitrogen and oxygen atoms in total. The Balaban J connectivity index is 2.08. The van der Waals surface area contributed by atoms with Crippen molar-refractivity contribution < 1.29 is 19.4 Å². The second kappa shape index (κ2) is 7.71. The molecular formula is C13H25NO4. The highest BCUT2D eigenvalue weighted by Gasteiger charge is 2.30. The van der Waals surface area contributed by atoms with Crippen LogP contribution in [0.3, 0.4) is 0 Å². The molecule has 0 radical (unpaired) electrons. The van der Waals surface area contributed by atoms with Gasteiger partial charge in [0.1, 0.15) is 5.54 Å². The highest BCUT2D eigenvalue weighted by Crippen LogP contribution is 2.15. The lowest BCUT2D eigenvalue weighted by Crippen LogP contribution is -2.47. The first-order valence-electron chi connectivity index (χ1n) is 6.80. The summed E-state index contributed by atoms with van der Waals surface area (Å²) in [6.45, 7) is 3.78. The van der Waals surface area contributed by atoms with E-state index in [0.29, 0.717) is 32.5 Å². The Kier molecular flexibility index (Phi) is 6.60. The zero-order valence-electron chi connectivity index (χ0n) is 11.2. The third-order valence-electron chi connectivity index (χ3n) is 3.55. The van der Waals surface area contributed by atoms with Gasteiger partial charge in [-0.2, -0.15) is 0 Å². The summed E-state index contributed by atoms with van der Waals surface area (Å²) in [6, 6.07) is 0. The van der Waals surface area contributed by atoms with Crippen molar-refractivity contribution in [1.82, 2.24) is 0 Å². The molecule has 0 aromatic rings. The van der Waals surface area contributed by atoms with Crippen LogP contribution < -0.4 is 5.73 Å². The van der Waals surface area contributed by atoms with Crippen LogP contribution in [0.1, 0.15) is 45.4 Å². The van der Waals surface area contributed by atoms with E-state index in [1.807, 2.05) is 0 Å². The van der Waals surface area contributed by atoms with Crippen molar-refractivity contribution in [1.29, 1.82) is 0 Å². The van der Waals surface area contributed by atoms with Gasteiger partial charge in [-0.25, -0.2) is 0 Å². The quantitative estimate of drug-likeness (QED) is 0.646. The fraction of sp³-hybridized carbons (Fsp3) is 0.923. The van der Waals surface area contributed by atoms with Gasteiger partial charge in [0.2, 0.25) is 0 Å². The normalized spacial score (nSPS) is 23.6. The number of nitrogens with two attached hydrogens (primary N) is 1. The summed E-state index contributed by atoms with van der Waals surface area (Å²) in [4.78, 5) is 11.0. The topological polar surface area (TPSA) is 81.8 Å². The summed E-state index contributed by atoms with van der Waals surface area (Å²) < 4.78 is 11.1. The smallest absolute Gasteiger partial charge is 0.323 e. The predicted molar refractivity (Wildman–Crippen MR) is 68.5 cm³/mol. The van der Waals surface area contributed by atoms with Gasteiger partial charge in [0, 0.05) is 13.2 Å². The molecular weight excluding hydrogens is 234 g/mol. The molecule has 1 aliphatic rings. The molecule has 1 rings (SSSR count). The Morgan fingerprint density at radius 2 is 2.33 bits per heavy atom. The lowest BCUT2D eigenvalue weighted by Gasteiger charge is -2.24. The van der Waals surface area contributed by atoms with Crippen LogP contribution in [-0.2, 0) is 14.3 Å². The summed E-state index contributed by atoms with van der Waals surface area (Å²) >= 11 is 0. The van der Waals surface area contributed by atoms with Gasteiger partial charge in [-0.05, 0) is 38.5 Å². The van der Waals surface area contributed by atoms with Gasteiger partial charge < -0.3 is 20.3 Å². The minimum absolute atomic E-state index is 0.215. The van der Waals surface area contributed by atoms with Gasteiger partial charge in [0.05, 0.1) is 12.7 Å².